The standard InChI is InChI=1S/C19H23Cl2FN2O2/c1-24(2)7-6-23-11-13-8-17(21)19(18(9-13)25-3)26-12-14-4-5-15(22)10-16(14)20/h4-5,8-10,23H,6-7,11-12H2,1-3H3. The van der Waals surface area contributed by atoms with Crippen molar-refractivity contribution in [3.05, 3.63) is 57.3 Å². The van der Waals surface area contributed by atoms with E-state index in [9.17, 15) is 4.39 Å². The van der Waals surface area contributed by atoms with Gasteiger partial charge in [0.15, 0.2) is 11.5 Å². The molecule has 0 amide bonds. The second kappa shape index (κ2) is 9.97. The molecular formula is C19H23Cl2FN2O2. The Labute approximate surface area is 163 Å². The summed E-state index contributed by atoms with van der Waals surface area (Å²) >= 11 is 12.4. The van der Waals surface area contributed by atoms with Crippen molar-refractivity contribution >= 4 is 23.2 Å². The minimum absolute atomic E-state index is 0.162. The number of methoxy groups -OCH3 is 1. The van der Waals surface area contributed by atoms with Crippen LogP contribution in [0, 0.1) is 5.82 Å². The Kier molecular flexibility index (Phi) is 7.97. The molecule has 0 radical (unpaired) electrons. The van der Waals surface area contributed by atoms with Gasteiger partial charge in [-0.25, -0.2) is 4.39 Å². The summed E-state index contributed by atoms with van der Waals surface area (Å²) < 4.78 is 24.3. The monoisotopic (exact) mass is 400 g/mol. The highest BCUT2D eigenvalue weighted by atomic mass is 35.5. The van der Waals surface area contributed by atoms with Crippen LogP contribution in [-0.4, -0.2) is 39.2 Å². The van der Waals surface area contributed by atoms with Crippen molar-refractivity contribution in [2.75, 3.05) is 34.3 Å². The van der Waals surface area contributed by atoms with E-state index in [1.807, 2.05) is 26.2 Å². The van der Waals surface area contributed by atoms with Gasteiger partial charge in [0.2, 0.25) is 0 Å². The van der Waals surface area contributed by atoms with E-state index < -0.39 is 0 Å². The van der Waals surface area contributed by atoms with E-state index in [-0.39, 0.29) is 12.4 Å². The van der Waals surface area contributed by atoms with E-state index >= 15 is 0 Å². The van der Waals surface area contributed by atoms with Gasteiger partial charge in [-0.2, -0.15) is 0 Å². The normalized spacial score (nSPS) is 11.0. The zero-order valence-electron chi connectivity index (χ0n) is 15.1. The number of hydrogen-bond donors (Lipinski definition) is 1. The van der Waals surface area contributed by atoms with Crippen molar-refractivity contribution in [2.24, 2.45) is 0 Å². The van der Waals surface area contributed by atoms with Gasteiger partial charge in [0.1, 0.15) is 12.4 Å². The Morgan fingerprint density at radius 1 is 1.12 bits per heavy atom. The lowest BCUT2D eigenvalue weighted by Gasteiger charge is -2.15. The van der Waals surface area contributed by atoms with Crippen LogP contribution in [0.5, 0.6) is 11.5 Å². The smallest absolute Gasteiger partial charge is 0.180 e. The second-order valence-corrected chi connectivity index (χ2v) is 6.93. The Morgan fingerprint density at radius 3 is 2.54 bits per heavy atom. The first-order chi connectivity index (χ1) is 12.4. The average molecular weight is 401 g/mol. The molecule has 0 saturated heterocycles. The summed E-state index contributed by atoms with van der Waals surface area (Å²) in [6.07, 6.45) is 0. The molecule has 0 aromatic heterocycles. The van der Waals surface area contributed by atoms with E-state index in [4.69, 9.17) is 32.7 Å². The molecule has 0 fully saturated rings. The first kappa shape index (κ1) is 20.8. The summed E-state index contributed by atoms with van der Waals surface area (Å²) in [5.41, 5.74) is 1.67. The summed E-state index contributed by atoms with van der Waals surface area (Å²) in [5, 5.41) is 4.11. The molecular weight excluding hydrogens is 378 g/mol. The van der Waals surface area contributed by atoms with Crippen molar-refractivity contribution < 1.29 is 13.9 Å². The van der Waals surface area contributed by atoms with Crippen LogP contribution in [0.25, 0.3) is 0 Å². The van der Waals surface area contributed by atoms with E-state index in [1.165, 1.54) is 12.1 Å². The van der Waals surface area contributed by atoms with Gasteiger partial charge in [0.25, 0.3) is 0 Å². The van der Waals surface area contributed by atoms with Gasteiger partial charge in [-0.15, -0.1) is 0 Å². The number of benzene rings is 2. The molecule has 0 bridgehead atoms. The second-order valence-electron chi connectivity index (χ2n) is 6.11. The summed E-state index contributed by atoms with van der Waals surface area (Å²) in [6.45, 7) is 2.66. The molecule has 2 aromatic rings. The molecule has 0 aliphatic carbocycles. The van der Waals surface area contributed by atoms with Gasteiger partial charge < -0.3 is 19.7 Å². The molecule has 26 heavy (non-hydrogen) atoms. The quantitative estimate of drug-likeness (QED) is 0.633. The molecule has 4 nitrogen and oxygen atoms in total. The number of nitrogens with one attached hydrogen (secondary N) is 1. The van der Waals surface area contributed by atoms with Gasteiger partial charge in [-0.3, -0.25) is 0 Å². The number of halogens is 3. The molecule has 0 unspecified atom stereocenters. The highest BCUT2D eigenvalue weighted by molar-refractivity contribution is 6.32. The van der Waals surface area contributed by atoms with Gasteiger partial charge in [-0.1, -0.05) is 29.3 Å². The predicted octanol–water partition coefficient (Wildman–Crippen LogP) is 4.37. The third-order valence-corrected chi connectivity index (χ3v) is 4.37. The molecule has 2 rings (SSSR count). The minimum Gasteiger partial charge on any atom is -0.493 e. The molecule has 0 aliphatic heterocycles. The Morgan fingerprint density at radius 2 is 1.88 bits per heavy atom. The van der Waals surface area contributed by atoms with Crippen molar-refractivity contribution in [3.63, 3.8) is 0 Å². The van der Waals surface area contributed by atoms with Gasteiger partial charge in [0.05, 0.1) is 17.2 Å². The third-order valence-electron chi connectivity index (χ3n) is 3.74. The third kappa shape index (κ3) is 6.02. The predicted molar refractivity (Wildman–Crippen MR) is 104 cm³/mol. The maximum atomic E-state index is 13.1. The largest absolute Gasteiger partial charge is 0.493 e. The van der Waals surface area contributed by atoms with Crippen molar-refractivity contribution in [1.82, 2.24) is 10.2 Å². The van der Waals surface area contributed by atoms with Crippen LogP contribution in [0.1, 0.15) is 11.1 Å². The Hall–Kier alpha value is -1.53. The van der Waals surface area contributed by atoms with Crippen LogP contribution < -0.4 is 14.8 Å². The lowest BCUT2D eigenvalue weighted by molar-refractivity contribution is 0.284. The first-order valence-electron chi connectivity index (χ1n) is 8.19. The highest BCUT2D eigenvalue weighted by Gasteiger charge is 2.13. The van der Waals surface area contributed by atoms with Crippen LogP contribution in [0.15, 0.2) is 30.3 Å². The maximum Gasteiger partial charge on any atom is 0.180 e. The average Bonchev–Trinajstić information content (AvgIpc) is 2.58. The molecule has 1 N–H and O–H groups in total. The highest BCUT2D eigenvalue weighted by Crippen LogP contribution is 2.37. The summed E-state index contributed by atoms with van der Waals surface area (Å²) in [6, 6.07) is 7.90. The lowest BCUT2D eigenvalue weighted by Crippen LogP contribution is -2.26. The van der Waals surface area contributed by atoms with Gasteiger partial charge in [-0.05, 0) is 43.9 Å². The van der Waals surface area contributed by atoms with Gasteiger partial charge in [0, 0.05) is 25.2 Å². The number of nitrogens with zero attached hydrogens (tertiary/aromatic N) is 1. The van der Waals surface area contributed by atoms with E-state index in [0.717, 1.165) is 18.7 Å². The number of hydrogen-bond acceptors (Lipinski definition) is 4. The zero-order valence-corrected chi connectivity index (χ0v) is 16.6. The molecule has 7 heteroatoms. The minimum atomic E-state index is -0.388. The maximum absolute atomic E-state index is 13.1. The molecule has 0 saturated carbocycles. The van der Waals surface area contributed by atoms with Crippen LogP contribution >= 0.6 is 23.2 Å². The summed E-state index contributed by atoms with van der Waals surface area (Å²) in [5.74, 6) is 0.590. The lowest BCUT2D eigenvalue weighted by atomic mass is 10.2. The van der Waals surface area contributed by atoms with E-state index in [1.54, 1.807) is 13.2 Å². The number of rotatable bonds is 9. The zero-order chi connectivity index (χ0) is 19.1. The van der Waals surface area contributed by atoms with Gasteiger partial charge >= 0.3 is 0 Å². The molecule has 0 heterocycles. The van der Waals surface area contributed by atoms with Crippen molar-refractivity contribution in [3.8, 4) is 11.5 Å². The molecule has 0 atom stereocenters. The summed E-state index contributed by atoms with van der Waals surface area (Å²) in [7, 11) is 5.62. The van der Waals surface area contributed by atoms with Crippen molar-refractivity contribution in [1.29, 1.82) is 0 Å². The Balaban J connectivity index is 2.06. The SMILES string of the molecule is COc1cc(CNCCN(C)C)cc(Cl)c1OCc1ccc(F)cc1Cl. The molecule has 0 spiro atoms. The van der Waals surface area contributed by atoms with Crippen LogP contribution in [0.2, 0.25) is 10.0 Å². The first-order valence-corrected chi connectivity index (χ1v) is 8.95. The molecule has 142 valence electrons. The Bertz CT molecular complexity index is 742. The van der Waals surface area contributed by atoms with E-state index in [0.29, 0.717) is 33.7 Å². The van der Waals surface area contributed by atoms with E-state index in [2.05, 4.69) is 10.2 Å². The number of ether oxygens (including phenoxy) is 2. The molecule has 0 aliphatic rings. The fraction of sp³-hybridized carbons (Fsp3) is 0.368. The number of likely N-dealkylation sites (N-methyl/N-ethyl adjacent to an activating group) is 1. The molecule has 2 aromatic carbocycles. The van der Waals surface area contributed by atoms with Crippen LogP contribution in [0.3, 0.4) is 0 Å². The fourth-order valence-electron chi connectivity index (χ4n) is 2.34. The topological polar surface area (TPSA) is 33.7 Å². The summed E-state index contributed by atoms with van der Waals surface area (Å²) in [4.78, 5) is 2.11. The van der Waals surface area contributed by atoms with Crippen LogP contribution in [0.4, 0.5) is 4.39 Å². The fourth-order valence-corrected chi connectivity index (χ4v) is 2.85. The van der Waals surface area contributed by atoms with Crippen molar-refractivity contribution in [2.45, 2.75) is 13.2 Å². The van der Waals surface area contributed by atoms with Crippen LogP contribution in [-0.2, 0) is 13.2 Å².